The van der Waals surface area contributed by atoms with Gasteiger partial charge in [-0.1, -0.05) is 18.2 Å². The van der Waals surface area contributed by atoms with E-state index in [0.29, 0.717) is 11.4 Å². The van der Waals surface area contributed by atoms with Gasteiger partial charge < -0.3 is 15.3 Å². The number of aromatic hydroxyl groups is 1. The lowest BCUT2D eigenvalue weighted by molar-refractivity contribution is -0.112. The number of amides is 1. The van der Waals surface area contributed by atoms with Gasteiger partial charge in [0.15, 0.2) is 5.71 Å². The second-order valence-electron chi connectivity index (χ2n) is 8.25. The molecule has 0 spiro atoms. The van der Waals surface area contributed by atoms with Crippen molar-refractivity contribution in [3.8, 4) is 16.9 Å². The van der Waals surface area contributed by atoms with Gasteiger partial charge in [-0.15, -0.1) is 0 Å². The number of aryl methyl sites for hydroxylation is 2. The Kier molecular flexibility index (Phi) is 6.26. The third kappa shape index (κ3) is 4.51. The molecule has 36 heavy (non-hydrogen) atoms. The van der Waals surface area contributed by atoms with Crippen LogP contribution in [0.5, 0.6) is 5.75 Å². The van der Waals surface area contributed by atoms with Crippen LogP contribution in [0, 0.1) is 13.8 Å². The van der Waals surface area contributed by atoms with Gasteiger partial charge in [0.2, 0.25) is 0 Å². The Hall–Kier alpha value is -4.99. The van der Waals surface area contributed by atoms with Crippen molar-refractivity contribution in [1.29, 1.82) is 0 Å². The summed E-state index contributed by atoms with van der Waals surface area (Å²) in [6.07, 6.45) is 0. The molecule has 3 aromatic rings. The predicted octanol–water partition coefficient (Wildman–Crippen LogP) is 4.26. The summed E-state index contributed by atoms with van der Waals surface area (Å²) in [5, 5.41) is 39.2. The summed E-state index contributed by atoms with van der Waals surface area (Å²) in [6.45, 7) is 5.55. The number of carboxylic acid groups (broad SMARTS) is 2. The highest BCUT2D eigenvalue weighted by molar-refractivity contribution is 6.71. The van der Waals surface area contributed by atoms with Crippen molar-refractivity contribution in [1.82, 2.24) is 0 Å². The monoisotopic (exact) mass is 486 g/mol. The van der Waals surface area contributed by atoms with Crippen LogP contribution in [0.25, 0.3) is 11.1 Å². The first-order chi connectivity index (χ1) is 17.1. The minimum Gasteiger partial charge on any atom is -0.505 e. The summed E-state index contributed by atoms with van der Waals surface area (Å²) < 4.78 is 0. The number of rotatable bonds is 6. The number of hydrazone groups is 2. The van der Waals surface area contributed by atoms with E-state index in [0.717, 1.165) is 17.2 Å². The van der Waals surface area contributed by atoms with Crippen molar-refractivity contribution in [2.24, 2.45) is 10.2 Å². The van der Waals surface area contributed by atoms with E-state index in [1.807, 2.05) is 26.0 Å². The maximum Gasteiger partial charge on any atom is 0.335 e. The standard InChI is InChI=1S/C26H22N4O6/c1-13-7-8-19(9-14(13)2)30-24(32)22(15(3)29-30)28-27-21-6-4-5-20(23(21)31)16-10-17(25(33)34)12-18(11-16)26(35)36/h4-12,27,31H,1-3H3,(H,33,34)(H,35,36). The highest BCUT2D eigenvalue weighted by atomic mass is 16.4. The number of hydrogen-bond acceptors (Lipinski definition) is 7. The number of benzene rings is 3. The highest BCUT2D eigenvalue weighted by Crippen LogP contribution is 2.36. The highest BCUT2D eigenvalue weighted by Gasteiger charge is 2.31. The summed E-state index contributed by atoms with van der Waals surface area (Å²) in [6, 6.07) is 13.7. The maximum atomic E-state index is 13.0. The summed E-state index contributed by atoms with van der Waals surface area (Å²) in [4.78, 5) is 35.9. The van der Waals surface area contributed by atoms with E-state index in [1.165, 1.54) is 29.3 Å². The zero-order valence-electron chi connectivity index (χ0n) is 19.6. The molecule has 0 atom stereocenters. The molecule has 0 radical (unpaired) electrons. The Morgan fingerprint density at radius 1 is 0.917 bits per heavy atom. The van der Waals surface area contributed by atoms with E-state index in [1.54, 1.807) is 19.1 Å². The zero-order valence-corrected chi connectivity index (χ0v) is 19.6. The lowest BCUT2D eigenvalue weighted by Crippen LogP contribution is -2.28. The normalized spacial score (nSPS) is 14.2. The van der Waals surface area contributed by atoms with Gasteiger partial charge in [0.1, 0.15) is 5.75 Å². The number of carbonyl (C=O) groups is 3. The van der Waals surface area contributed by atoms with Crippen LogP contribution in [0.15, 0.2) is 64.8 Å². The van der Waals surface area contributed by atoms with Crippen molar-refractivity contribution in [2.45, 2.75) is 20.8 Å². The van der Waals surface area contributed by atoms with Crippen LogP contribution in [0.2, 0.25) is 0 Å². The fourth-order valence-electron chi connectivity index (χ4n) is 3.67. The molecule has 182 valence electrons. The Balaban J connectivity index is 1.65. The van der Waals surface area contributed by atoms with Gasteiger partial charge in [0, 0.05) is 5.56 Å². The number of phenolic OH excluding ortho intramolecular Hbond substituents is 1. The quantitative estimate of drug-likeness (QED) is 0.300. The first-order valence-corrected chi connectivity index (χ1v) is 10.8. The smallest absolute Gasteiger partial charge is 0.335 e. The molecule has 0 aliphatic carbocycles. The predicted molar refractivity (Wildman–Crippen MR) is 135 cm³/mol. The molecule has 0 fully saturated rings. The molecule has 1 amide bonds. The van der Waals surface area contributed by atoms with Crippen molar-refractivity contribution in [3.05, 3.63) is 76.9 Å². The van der Waals surface area contributed by atoms with Crippen LogP contribution in [0.1, 0.15) is 38.8 Å². The summed E-state index contributed by atoms with van der Waals surface area (Å²) >= 11 is 0. The lowest BCUT2D eigenvalue weighted by Gasteiger charge is -2.13. The number of nitrogens with zero attached hydrogens (tertiary/aromatic N) is 3. The average Bonchev–Trinajstić information content (AvgIpc) is 3.12. The van der Waals surface area contributed by atoms with Crippen molar-refractivity contribution in [2.75, 3.05) is 10.4 Å². The van der Waals surface area contributed by atoms with Crippen LogP contribution < -0.4 is 10.4 Å². The Labute approximate surface area is 205 Å². The molecule has 0 bridgehead atoms. The molecule has 0 saturated heterocycles. The van der Waals surface area contributed by atoms with Crippen LogP contribution in [0.4, 0.5) is 11.4 Å². The molecule has 0 unspecified atom stereocenters. The molecule has 0 aromatic heterocycles. The number of aromatic carboxylic acids is 2. The first kappa shape index (κ1) is 24.1. The third-order valence-electron chi connectivity index (χ3n) is 5.78. The molecule has 4 rings (SSSR count). The van der Waals surface area contributed by atoms with Crippen LogP contribution >= 0.6 is 0 Å². The number of carbonyl (C=O) groups excluding carboxylic acids is 1. The number of carboxylic acids is 2. The van der Waals surface area contributed by atoms with Crippen molar-refractivity contribution < 1.29 is 29.7 Å². The van der Waals surface area contributed by atoms with E-state index >= 15 is 0 Å². The molecule has 10 nitrogen and oxygen atoms in total. The van der Waals surface area contributed by atoms with Crippen LogP contribution in [-0.2, 0) is 4.79 Å². The molecular weight excluding hydrogens is 464 g/mol. The minimum absolute atomic E-state index is 0.0547. The third-order valence-corrected chi connectivity index (χ3v) is 5.78. The number of anilines is 2. The first-order valence-electron chi connectivity index (χ1n) is 10.8. The van der Waals surface area contributed by atoms with E-state index in [4.69, 9.17) is 0 Å². The van der Waals surface area contributed by atoms with Gasteiger partial charge in [-0.25, -0.2) is 9.59 Å². The number of para-hydroxylation sites is 1. The molecule has 1 aliphatic rings. The average molecular weight is 486 g/mol. The Morgan fingerprint density at radius 2 is 1.58 bits per heavy atom. The van der Waals surface area contributed by atoms with E-state index in [9.17, 15) is 29.7 Å². The molecule has 0 saturated carbocycles. The van der Waals surface area contributed by atoms with Crippen molar-refractivity contribution in [3.63, 3.8) is 0 Å². The molecule has 10 heteroatoms. The topological polar surface area (TPSA) is 152 Å². The maximum absolute atomic E-state index is 13.0. The van der Waals surface area contributed by atoms with Crippen LogP contribution in [-0.4, -0.2) is 44.6 Å². The molecular formula is C26H22N4O6. The van der Waals surface area contributed by atoms with Gasteiger partial charge >= 0.3 is 17.8 Å². The summed E-state index contributed by atoms with van der Waals surface area (Å²) in [5.41, 5.74) is 5.83. The van der Waals surface area contributed by atoms with Gasteiger partial charge in [0.25, 0.3) is 0 Å². The second kappa shape index (κ2) is 9.34. The molecule has 1 aliphatic heterocycles. The number of phenols is 1. The SMILES string of the molecule is CC1=NN(c2ccc(C)c(C)c2)C(=O)C1=NNc1cccc(-c2cc(C(=O)O)cc(C(=O)O)c2)c1O. The minimum atomic E-state index is -1.30. The van der Waals surface area contributed by atoms with Gasteiger partial charge in [0.05, 0.1) is 28.2 Å². The second-order valence-corrected chi connectivity index (χ2v) is 8.25. The largest absolute Gasteiger partial charge is 0.505 e. The van der Waals surface area contributed by atoms with Crippen molar-refractivity contribution >= 4 is 40.6 Å². The zero-order chi connectivity index (χ0) is 26.1. The lowest BCUT2D eigenvalue weighted by atomic mass is 9.98. The van der Waals surface area contributed by atoms with Gasteiger partial charge in [-0.2, -0.15) is 15.2 Å². The Bertz CT molecular complexity index is 1460. The molecule has 3 aromatic carbocycles. The Morgan fingerprint density at radius 3 is 2.19 bits per heavy atom. The number of nitrogens with one attached hydrogen (secondary N) is 1. The van der Waals surface area contributed by atoms with E-state index in [-0.39, 0.29) is 39.4 Å². The van der Waals surface area contributed by atoms with Gasteiger partial charge in [-0.3, -0.25) is 10.2 Å². The number of hydrogen-bond donors (Lipinski definition) is 4. The summed E-state index contributed by atoms with van der Waals surface area (Å²) in [5.74, 6) is -3.35. The van der Waals surface area contributed by atoms with Crippen LogP contribution in [0.3, 0.4) is 0 Å². The van der Waals surface area contributed by atoms with Gasteiger partial charge in [-0.05, 0) is 73.9 Å². The van der Waals surface area contributed by atoms with E-state index in [2.05, 4.69) is 15.6 Å². The molecule has 4 N–H and O–H groups in total. The fourth-order valence-corrected chi connectivity index (χ4v) is 3.67. The van der Waals surface area contributed by atoms with E-state index < -0.39 is 17.8 Å². The fraction of sp³-hybridized carbons (Fsp3) is 0.115. The molecule has 1 heterocycles. The summed E-state index contributed by atoms with van der Waals surface area (Å²) in [7, 11) is 0.